The molecule has 2 nitrogen and oxygen atoms in total. The first-order chi connectivity index (χ1) is 7.96. The summed E-state index contributed by atoms with van der Waals surface area (Å²) in [7, 11) is 1.67. The van der Waals surface area contributed by atoms with Crippen LogP contribution in [0.5, 0.6) is 5.75 Å². The van der Waals surface area contributed by atoms with Gasteiger partial charge in [-0.2, -0.15) is 0 Å². The van der Waals surface area contributed by atoms with Crippen LogP contribution in [0.1, 0.15) is 38.3 Å². The number of benzene rings is 1. The number of methoxy groups -OCH3 is 1. The van der Waals surface area contributed by atoms with Gasteiger partial charge in [-0.15, -0.1) is 0 Å². The lowest BCUT2D eigenvalue weighted by molar-refractivity contribution is -0.107. The summed E-state index contributed by atoms with van der Waals surface area (Å²) in [6, 6.07) is 6.27. The van der Waals surface area contributed by atoms with Gasteiger partial charge in [-0.3, -0.25) is 0 Å². The van der Waals surface area contributed by atoms with Crippen LogP contribution in [0.25, 0.3) is 0 Å². The molecule has 0 N–H and O–H groups in total. The summed E-state index contributed by atoms with van der Waals surface area (Å²) in [5.74, 6) is 0.879. The van der Waals surface area contributed by atoms with Gasteiger partial charge in [0.25, 0.3) is 0 Å². The molecule has 0 amide bonds. The fourth-order valence-corrected chi connectivity index (χ4v) is 1.96. The molecule has 0 saturated heterocycles. The van der Waals surface area contributed by atoms with Crippen molar-refractivity contribution in [1.29, 1.82) is 0 Å². The molecule has 0 aliphatic rings. The van der Waals surface area contributed by atoms with Gasteiger partial charge >= 0.3 is 0 Å². The van der Waals surface area contributed by atoms with E-state index < -0.39 is 0 Å². The van der Waals surface area contributed by atoms with Crippen LogP contribution in [0.3, 0.4) is 0 Å². The number of carbonyl (C=O) groups excluding carboxylic acids is 1. The van der Waals surface area contributed by atoms with Crippen molar-refractivity contribution in [2.75, 3.05) is 7.11 Å². The number of aldehydes is 1. The molecule has 1 rings (SSSR count). The first kappa shape index (κ1) is 13.8. The minimum absolute atomic E-state index is 0.274. The number of rotatable bonds is 5. The summed E-state index contributed by atoms with van der Waals surface area (Å²) >= 11 is 0. The van der Waals surface area contributed by atoms with E-state index in [0.717, 1.165) is 30.4 Å². The van der Waals surface area contributed by atoms with Gasteiger partial charge in [0, 0.05) is 6.42 Å². The maximum absolute atomic E-state index is 10.5. The van der Waals surface area contributed by atoms with Crippen molar-refractivity contribution < 1.29 is 9.53 Å². The lowest BCUT2D eigenvalue weighted by atomic mass is 9.87. The van der Waals surface area contributed by atoms with E-state index in [9.17, 15) is 4.79 Å². The van der Waals surface area contributed by atoms with Crippen LogP contribution in [0, 0.1) is 5.41 Å². The molecule has 0 aliphatic heterocycles. The SMILES string of the molecule is COc1ccc(CC(C)(C)C)cc1CCC=O. The van der Waals surface area contributed by atoms with E-state index in [1.807, 2.05) is 6.07 Å². The van der Waals surface area contributed by atoms with Crippen LogP contribution >= 0.6 is 0 Å². The molecule has 0 aromatic heterocycles. The highest BCUT2D eigenvalue weighted by atomic mass is 16.5. The van der Waals surface area contributed by atoms with Gasteiger partial charge in [-0.05, 0) is 35.4 Å². The van der Waals surface area contributed by atoms with Crippen molar-refractivity contribution in [3.63, 3.8) is 0 Å². The first-order valence-electron chi connectivity index (χ1n) is 6.06. The summed E-state index contributed by atoms with van der Waals surface area (Å²) in [4.78, 5) is 10.5. The van der Waals surface area contributed by atoms with Gasteiger partial charge in [0.1, 0.15) is 12.0 Å². The van der Waals surface area contributed by atoms with Crippen molar-refractivity contribution in [2.24, 2.45) is 5.41 Å². The van der Waals surface area contributed by atoms with Crippen LogP contribution in [0.4, 0.5) is 0 Å². The summed E-state index contributed by atoms with van der Waals surface area (Å²) < 4.78 is 5.31. The molecule has 17 heavy (non-hydrogen) atoms. The second kappa shape index (κ2) is 5.85. The fraction of sp³-hybridized carbons (Fsp3) is 0.533. The second-order valence-electron chi connectivity index (χ2n) is 5.59. The molecule has 2 heteroatoms. The summed E-state index contributed by atoms with van der Waals surface area (Å²) in [5, 5.41) is 0. The molecule has 0 bridgehead atoms. The zero-order valence-corrected chi connectivity index (χ0v) is 11.2. The predicted molar refractivity (Wildman–Crippen MR) is 70.5 cm³/mol. The minimum atomic E-state index is 0.274. The molecule has 0 radical (unpaired) electrons. The average molecular weight is 234 g/mol. The number of carbonyl (C=O) groups is 1. The van der Waals surface area contributed by atoms with E-state index >= 15 is 0 Å². The third-order valence-corrected chi connectivity index (χ3v) is 2.61. The van der Waals surface area contributed by atoms with Crippen molar-refractivity contribution in [1.82, 2.24) is 0 Å². The van der Waals surface area contributed by atoms with E-state index in [1.54, 1.807) is 7.11 Å². The smallest absolute Gasteiger partial charge is 0.122 e. The van der Waals surface area contributed by atoms with E-state index in [-0.39, 0.29) is 5.41 Å². The molecule has 94 valence electrons. The molecule has 0 spiro atoms. The Kier molecular flexibility index (Phi) is 4.73. The molecule has 0 atom stereocenters. The first-order valence-corrected chi connectivity index (χ1v) is 6.06. The van der Waals surface area contributed by atoms with Crippen molar-refractivity contribution in [3.05, 3.63) is 29.3 Å². The van der Waals surface area contributed by atoms with E-state index in [0.29, 0.717) is 6.42 Å². The number of aryl methyl sites for hydroxylation is 1. The molecule has 0 heterocycles. The van der Waals surface area contributed by atoms with E-state index in [2.05, 4.69) is 32.9 Å². The van der Waals surface area contributed by atoms with Gasteiger partial charge in [0.15, 0.2) is 0 Å². The standard InChI is InChI=1S/C15H22O2/c1-15(2,3)11-12-7-8-14(17-4)13(10-12)6-5-9-16/h7-10H,5-6,11H2,1-4H3. The van der Waals surface area contributed by atoms with Crippen molar-refractivity contribution in [2.45, 2.75) is 40.0 Å². The van der Waals surface area contributed by atoms with E-state index in [4.69, 9.17) is 4.74 Å². The second-order valence-corrected chi connectivity index (χ2v) is 5.59. The zero-order valence-electron chi connectivity index (χ0n) is 11.2. The zero-order chi connectivity index (χ0) is 12.9. The van der Waals surface area contributed by atoms with Crippen LogP contribution in [-0.4, -0.2) is 13.4 Å². The Balaban J connectivity index is 2.91. The molecular weight excluding hydrogens is 212 g/mol. The normalized spacial score (nSPS) is 11.3. The number of hydrogen-bond donors (Lipinski definition) is 0. The molecule has 0 unspecified atom stereocenters. The summed E-state index contributed by atoms with van der Waals surface area (Å²) in [5.41, 5.74) is 2.71. The van der Waals surface area contributed by atoms with Crippen LogP contribution in [0.15, 0.2) is 18.2 Å². The lowest BCUT2D eigenvalue weighted by Gasteiger charge is -2.19. The third kappa shape index (κ3) is 4.59. The minimum Gasteiger partial charge on any atom is -0.496 e. The Morgan fingerprint density at radius 2 is 2.00 bits per heavy atom. The van der Waals surface area contributed by atoms with Gasteiger partial charge in [-0.25, -0.2) is 0 Å². The Hall–Kier alpha value is -1.31. The molecule has 1 aromatic carbocycles. The number of hydrogen-bond acceptors (Lipinski definition) is 2. The molecule has 1 aromatic rings. The largest absolute Gasteiger partial charge is 0.496 e. The quantitative estimate of drug-likeness (QED) is 0.730. The van der Waals surface area contributed by atoms with Crippen LogP contribution < -0.4 is 4.74 Å². The van der Waals surface area contributed by atoms with Gasteiger partial charge in [0.2, 0.25) is 0 Å². The van der Waals surface area contributed by atoms with E-state index in [1.165, 1.54) is 5.56 Å². The Bertz CT molecular complexity index is 375. The van der Waals surface area contributed by atoms with Crippen LogP contribution in [0.2, 0.25) is 0 Å². The van der Waals surface area contributed by atoms with Gasteiger partial charge in [-0.1, -0.05) is 32.9 Å². The molecular formula is C15H22O2. The highest BCUT2D eigenvalue weighted by molar-refractivity contribution is 5.51. The maximum Gasteiger partial charge on any atom is 0.122 e. The van der Waals surface area contributed by atoms with Crippen molar-refractivity contribution in [3.8, 4) is 5.75 Å². The Morgan fingerprint density at radius 3 is 2.53 bits per heavy atom. The summed E-state index contributed by atoms with van der Waals surface area (Å²) in [6.45, 7) is 6.67. The monoisotopic (exact) mass is 234 g/mol. The van der Waals surface area contributed by atoms with Gasteiger partial charge in [0.05, 0.1) is 7.11 Å². The Morgan fingerprint density at radius 1 is 1.29 bits per heavy atom. The summed E-state index contributed by atoms with van der Waals surface area (Å²) in [6.07, 6.45) is 3.29. The highest BCUT2D eigenvalue weighted by Crippen LogP contribution is 2.26. The molecule has 0 saturated carbocycles. The topological polar surface area (TPSA) is 26.3 Å². The number of ether oxygens (including phenoxy) is 1. The predicted octanol–water partition coefficient (Wildman–Crippen LogP) is 3.42. The van der Waals surface area contributed by atoms with Crippen LogP contribution in [-0.2, 0) is 17.6 Å². The van der Waals surface area contributed by atoms with Crippen molar-refractivity contribution >= 4 is 6.29 Å². The third-order valence-electron chi connectivity index (χ3n) is 2.61. The Labute approximate surface area is 104 Å². The molecule has 0 aliphatic carbocycles. The lowest BCUT2D eigenvalue weighted by Crippen LogP contribution is -2.09. The molecule has 0 fully saturated rings. The maximum atomic E-state index is 10.5. The highest BCUT2D eigenvalue weighted by Gasteiger charge is 2.12. The average Bonchev–Trinajstić information content (AvgIpc) is 2.24. The fourth-order valence-electron chi connectivity index (χ4n) is 1.96. The van der Waals surface area contributed by atoms with Gasteiger partial charge < -0.3 is 9.53 Å².